The third-order valence-corrected chi connectivity index (χ3v) is 11.3. The monoisotopic (exact) mass is 751 g/mol. The van der Waals surface area contributed by atoms with Crippen molar-refractivity contribution in [3.8, 4) is 66.8 Å². The van der Waals surface area contributed by atoms with Gasteiger partial charge in [-0.3, -0.25) is 0 Å². The highest BCUT2D eigenvalue weighted by Crippen LogP contribution is 2.41. The van der Waals surface area contributed by atoms with Crippen LogP contribution in [0.1, 0.15) is 0 Å². The van der Waals surface area contributed by atoms with Crippen LogP contribution in [0.5, 0.6) is 0 Å². The van der Waals surface area contributed by atoms with Gasteiger partial charge in [0.2, 0.25) is 0 Å². The van der Waals surface area contributed by atoms with Crippen molar-refractivity contribution in [3.63, 3.8) is 0 Å². The molecule has 1 heteroatoms. The van der Waals surface area contributed by atoms with Crippen LogP contribution in [0.3, 0.4) is 0 Å². The van der Waals surface area contributed by atoms with Gasteiger partial charge in [-0.15, -0.1) is 0 Å². The zero-order valence-corrected chi connectivity index (χ0v) is 32.6. The van der Waals surface area contributed by atoms with E-state index < -0.39 is 0 Å². The van der Waals surface area contributed by atoms with Crippen LogP contribution in [0.4, 0.5) is 17.1 Å². The molecular weight excluding hydrogens is 711 g/mol. The van der Waals surface area contributed by atoms with E-state index in [0.717, 1.165) is 17.1 Å². The van der Waals surface area contributed by atoms with Crippen LogP contribution in [0.15, 0.2) is 249 Å². The zero-order chi connectivity index (χ0) is 39.4. The Labute approximate surface area is 346 Å². The van der Waals surface area contributed by atoms with Gasteiger partial charge in [-0.1, -0.05) is 200 Å². The van der Waals surface area contributed by atoms with E-state index in [1.807, 2.05) is 0 Å². The number of nitrogens with zero attached hydrogens (tertiary/aromatic N) is 1. The molecule has 0 bridgehead atoms. The fourth-order valence-electron chi connectivity index (χ4n) is 8.22. The summed E-state index contributed by atoms with van der Waals surface area (Å²) in [6, 6.07) is 89.8. The first-order valence-corrected chi connectivity index (χ1v) is 20.2. The van der Waals surface area contributed by atoms with Gasteiger partial charge in [0, 0.05) is 17.1 Å². The summed E-state index contributed by atoms with van der Waals surface area (Å²) in [5.74, 6) is 0. The van der Waals surface area contributed by atoms with Crippen LogP contribution in [-0.2, 0) is 0 Å². The van der Waals surface area contributed by atoms with Crippen molar-refractivity contribution in [2.24, 2.45) is 0 Å². The largest absolute Gasteiger partial charge is 0.310 e. The van der Waals surface area contributed by atoms with Gasteiger partial charge >= 0.3 is 0 Å². The van der Waals surface area contributed by atoms with Crippen LogP contribution in [0, 0.1) is 0 Å². The van der Waals surface area contributed by atoms with Crippen molar-refractivity contribution in [2.75, 3.05) is 4.90 Å². The van der Waals surface area contributed by atoms with Gasteiger partial charge in [0.15, 0.2) is 0 Å². The molecule has 0 N–H and O–H groups in total. The molecule has 59 heavy (non-hydrogen) atoms. The van der Waals surface area contributed by atoms with E-state index in [4.69, 9.17) is 0 Å². The average molecular weight is 752 g/mol. The summed E-state index contributed by atoms with van der Waals surface area (Å²) in [4.78, 5) is 2.39. The van der Waals surface area contributed by atoms with E-state index in [1.165, 1.54) is 77.5 Å². The molecule has 0 aliphatic heterocycles. The maximum atomic E-state index is 2.39. The first-order chi connectivity index (χ1) is 29.2. The molecule has 0 saturated carbocycles. The summed E-state index contributed by atoms with van der Waals surface area (Å²) in [6.45, 7) is 0. The highest BCUT2D eigenvalue weighted by molar-refractivity contribution is 5.97. The van der Waals surface area contributed by atoms with Gasteiger partial charge in [-0.2, -0.15) is 0 Å². The SMILES string of the molecule is c1ccc(-c2ccc(-c3ccc(N(c4ccc(-c5cccc(-c6cccc7ccccc67)c5)cc4)c4cc(-c5ccccc5)cc(-c5ccccc5)c4)cc3)cc2)cc1. The molecular formula is C58H41N. The average Bonchev–Trinajstić information content (AvgIpc) is 3.33. The summed E-state index contributed by atoms with van der Waals surface area (Å²) in [7, 11) is 0. The maximum absolute atomic E-state index is 2.39. The number of anilines is 3. The summed E-state index contributed by atoms with van der Waals surface area (Å²) < 4.78 is 0. The summed E-state index contributed by atoms with van der Waals surface area (Å²) in [6.07, 6.45) is 0. The predicted octanol–water partition coefficient (Wildman–Crippen LogP) is 16.3. The maximum Gasteiger partial charge on any atom is 0.0473 e. The number of hydrogen-bond donors (Lipinski definition) is 0. The van der Waals surface area contributed by atoms with Gasteiger partial charge in [0.05, 0.1) is 0 Å². The molecule has 0 amide bonds. The molecule has 0 unspecified atom stereocenters. The summed E-state index contributed by atoms with van der Waals surface area (Å²) >= 11 is 0. The van der Waals surface area contributed by atoms with Crippen molar-refractivity contribution >= 4 is 27.8 Å². The fourth-order valence-corrected chi connectivity index (χ4v) is 8.22. The Kier molecular flexibility index (Phi) is 9.68. The van der Waals surface area contributed by atoms with Crippen molar-refractivity contribution in [1.82, 2.24) is 0 Å². The second-order valence-electron chi connectivity index (χ2n) is 15.0. The van der Waals surface area contributed by atoms with Gasteiger partial charge in [-0.05, 0) is 126 Å². The number of benzene rings is 10. The Bertz CT molecular complexity index is 2920. The van der Waals surface area contributed by atoms with Gasteiger partial charge in [-0.25, -0.2) is 0 Å². The van der Waals surface area contributed by atoms with Gasteiger partial charge in [0.1, 0.15) is 0 Å². The smallest absolute Gasteiger partial charge is 0.0473 e. The van der Waals surface area contributed by atoms with Crippen molar-refractivity contribution in [2.45, 2.75) is 0 Å². The Morgan fingerprint density at radius 1 is 0.203 bits per heavy atom. The van der Waals surface area contributed by atoms with Crippen LogP contribution in [0.25, 0.3) is 77.5 Å². The molecule has 10 rings (SSSR count). The zero-order valence-electron chi connectivity index (χ0n) is 32.6. The number of rotatable bonds is 9. The highest BCUT2D eigenvalue weighted by Gasteiger charge is 2.17. The predicted molar refractivity (Wildman–Crippen MR) is 251 cm³/mol. The van der Waals surface area contributed by atoms with Crippen molar-refractivity contribution in [3.05, 3.63) is 249 Å². The Morgan fingerprint density at radius 2 is 0.559 bits per heavy atom. The van der Waals surface area contributed by atoms with E-state index in [0.29, 0.717) is 0 Å². The van der Waals surface area contributed by atoms with E-state index >= 15 is 0 Å². The van der Waals surface area contributed by atoms with E-state index in [9.17, 15) is 0 Å². The molecule has 278 valence electrons. The third kappa shape index (κ3) is 7.46. The minimum absolute atomic E-state index is 1.09. The molecule has 0 aliphatic rings. The lowest BCUT2D eigenvalue weighted by Gasteiger charge is -2.27. The molecule has 0 atom stereocenters. The third-order valence-electron chi connectivity index (χ3n) is 11.3. The lowest BCUT2D eigenvalue weighted by atomic mass is 9.95. The molecule has 10 aromatic rings. The van der Waals surface area contributed by atoms with Crippen LogP contribution >= 0.6 is 0 Å². The molecule has 0 radical (unpaired) electrons. The highest BCUT2D eigenvalue weighted by atomic mass is 15.1. The van der Waals surface area contributed by atoms with Crippen LogP contribution < -0.4 is 4.90 Å². The van der Waals surface area contributed by atoms with E-state index in [2.05, 4.69) is 254 Å². The molecule has 0 saturated heterocycles. The first kappa shape index (κ1) is 35.7. The molecule has 10 aromatic carbocycles. The quantitative estimate of drug-likeness (QED) is 0.142. The van der Waals surface area contributed by atoms with Crippen molar-refractivity contribution < 1.29 is 0 Å². The molecule has 0 spiro atoms. The second kappa shape index (κ2) is 16.0. The Morgan fingerprint density at radius 3 is 1.10 bits per heavy atom. The Balaban J connectivity index is 1.06. The van der Waals surface area contributed by atoms with Crippen molar-refractivity contribution in [1.29, 1.82) is 0 Å². The molecule has 0 fully saturated rings. The summed E-state index contributed by atoms with van der Waals surface area (Å²) in [5.41, 5.74) is 17.6. The number of fused-ring (bicyclic) bond motifs is 1. The normalized spacial score (nSPS) is 11.1. The van der Waals surface area contributed by atoms with Crippen LogP contribution in [-0.4, -0.2) is 0 Å². The number of hydrogen-bond acceptors (Lipinski definition) is 1. The van der Waals surface area contributed by atoms with E-state index in [-0.39, 0.29) is 0 Å². The van der Waals surface area contributed by atoms with E-state index in [1.54, 1.807) is 0 Å². The second-order valence-corrected chi connectivity index (χ2v) is 15.0. The van der Waals surface area contributed by atoms with Crippen LogP contribution in [0.2, 0.25) is 0 Å². The topological polar surface area (TPSA) is 3.24 Å². The fraction of sp³-hybridized carbons (Fsp3) is 0. The first-order valence-electron chi connectivity index (χ1n) is 20.2. The summed E-state index contributed by atoms with van der Waals surface area (Å²) in [5, 5.41) is 2.52. The lowest BCUT2D eigenvalue weighted by molar-refractivity contribution is 1.28. The minimum atomic E-state index is 1.09. The lowest BCUT2D eigenvalue weighted by Crippen LogP contribution is -2.10. The molecule has 1 nitrogen and oxygen atoms in total. The minimum Gasteiger partial charge on any atom is -0.310 e. The Hall–Kier alpha value is -7.74. The molecule has 0 aromatic heterocycles. The molecule has 0 heterocycles. The molecule has 0 aliphatic carbocycles. The van der Waals surface area contributed by atoms with Gasteiger partial charge in [0.25, 0.3) is 0 Å². The van der Waals surface area contributed by atoms with Gasteiger partial charge < -0.3 is 4.90 Å². The standard InChI is InChI=1S/C58H41N/c1-4-14-42(15-5-1)45-26-28-46(29-27-45)47-30-34-54(35-31-47)59(56-40-52(43-16-6-2-7-17-43)39-53(41-56)44-18-8-3-9-19-44)55-36-32-48(33-37-55)50-22-12-23-51(38-50)58-25-13-21-49-20-10-11-24-57(49)58/h1-41H.